The highest BCUT2D eigenvalue weighted by Crippen LogP contribution is 2.36. The van der Waals surface area contributed by atoms with E-state index < -0.39 is 17.7 Å². The SMILES string of the molecule is Cc1ccc(NC(=O)Nc2cccc(F)c2F)cc1Nc1ccc2c(c1)NC(=O)/C2=C\c1ccc[nH]1. The van der Waals surface area contributed by atoms with Crippen molar-refractivity contribution in [2.45, 2.75) is 6.92 Å². The highest BCUT2D eigenvalue weighted by atomic mass is 19.2. The Balaban J connectivity index is 1.32. The van der Waals surface area contributed by atoms with Gasteiger partial charge in [0, 0.05) is 34.5 Å². The summed E-state index contributed by atoms with van der Waals surface area (Å²) in [6.07, 6.45) is 3.59. The first-order valence-electron chi connectivity index (χ1n) is 11.1. The van der Waals surface area contributed by atoms with Crippen molar-refractivity contribution >= 4 is 52.0 Å². The number of aryl methyl sites for hydroxylation is 1. The standard InChI is InChI=1S/C27H21F2N5O2/c1-15-7-8-18(32-27(36)34-22-6-2-5-21(28)25(22)29)13-23(15)31-17-9-10-19-20(12-16-4-3-11-30-16)26(35)33-24(19)14-17/h2-14,30-31H,1H3,(H,33,35)(H2,32,34,36)/b20-12-. The molecule has 1 aliphatic rings. The molecule has 9 heteroatoms. The molecule has 0 fully saturated rings. The van der Waals surface area contributed by atoms with Crippen LogP contribution < -0.4 is 21.3 Å². The van der Waals surface area contributed by atoms with Crippen molar-refractivity contribution in [3.63, 3.8) is 0 Å². The maximum absolute atomic E-state index is 13.8. The molecular weight excluding hydrogens is 464 g/mol. The number of nitrogens with one attached hydrogen (secondary N) is 5. The van der Waals surface area contributed by atoms with Crippen LogP contribution in [0.1, 0.15) is 16.8 Å². The van der Waals surface area contributed by atoms with Crippen molar-refractivity contribution in [3.05, 3.63) is 101 Å². The van der Waals surface area contributed by atoms with E-state index in [2.05, 4.69) is 26.3 Å². The van der Waals surface area contributed by atoms with Crippen LogP contribution in [0.4, 0.5) is 42.0 Å². The average molecular weight is 485 g/mol. The highest BCUT2D eigenvalue weighted by molar-refractivity contribution is 6.35. The molecule has 36 heavy (non-hydrogen) atoms. The highest BCUT2D eigenvalue weighted by Gasteiger charge is 2.24. The maximum atomic E-state index is 13.8. The van der Waals surface area contributed by atoms with Crippen molar-refractivity contribution < 1.29 is 18.4 Å². The van der Waals surface area contributed by atoms with Crippen LogP contribution in [-0.4, -0.2) is 16.9 Å². The van der Waals surface area contributed by atoms with Crippen LogP contribution in [0.15, 0.2) is 72.9 Å². The number of carbonyl (C=O) groups is 2. The monoisotopic (exact) mass is 485 g/mol. The fourth-order valence-corrected chi connectivity index (χ4v) is 3.88. The van der Waals surface area contributed by atoms with Crippen LogP contribution in [0.3, 0.4) is 0 Å². The predicted octanol–water partition coefficient (Wildman–Crippen LogP) is 6.48. The minimum Gasteiger partial charge on any atom is -0.362 e. The number of hydrogen-bond acceptors (Lipinski definition) is 3. The molecule has 180 valence electrons. The lowest BCUT2D eigenvalue weighted by Gasteiger charge is -2.14. The summed E-state index contributed by atoms with van der Waals surface area (Å²) in [7, 11) is 0. The van der Waals surface area contributed by atoms with Crippen molar-refractivity contribution in [3.8, 4) is 0 Å². The maximum Gasteiger partial charge on any atom is 0.323 e. The molecule has 0 saturated carbocycles. The van der Waals surface area contributed by atoms with E-state index in [4.69, 9.17) is 0 Å². The van der Waals surface area contributed by atoms with Crippen molar-refractivity contribution in [1.29, 1.82) is 0 Å². The molecule has 7 nitrogen and oxygen atoms in total. The van der Waals surface area contributed by atoms with Crippen LogP contribution in [-0.2, 0) is 4.79 Å². The lowest BCUT2D eigenvalue weighted by Crippen LogP contribution is -2.20. The first-order chi connectivity index (χ1) is 17.4. The van der Waals surface area contributed by atoms with Crippen molar-refractivity contribution in [2.75, 3.05) is 21.3 Å². The summed E-state index contributed by atoms with van der Waals surface area (Å²) >= 11 is 0. The van der Waals surface area contributed by atoms with Gasteiger partial charge in [-0.2, -0.15) is 0 Å². The zero-order valence-electron chi connectivity index (χ0n) is 19.1. The summed E-state index contributed by atoms with van der Waals surface area (Å²) in [5, 5.41) is 11.1. The molecule has 0 unspecified atom stereocenters. The molecule has 3 amide bonds. The number of aromatic nitrogens is 1. The number of halogens is 2. The van der Waals surface area contributed by atoms with Gasteiger partial charge in [0.1, 0.15) is 0 Å². The van der Waals surface area contributed by atoms with E-state index in [0.29, 0.717) is 16.9 Å². The van der Waals surface area contributed by atoms with Gasteiger partial charge in [0.25, 0.3) is 5.91 Å². The average Bonchev–Trinajstić information content (AvgIpc) is 3.47. The van der Waals surface area contributed by atoms with Gasteiger partial charge in [0.05, 0.1) is 16.9 Å². The molecule has 0 atom stereocenters. The molecule has 0 saturated heterocycles. The van der Waals surface area contributed by atoms with Gasteiger partial charge < -0.3 is 26.3 Å². The number of aromatic amines is 1. The Kier molecular flexibility index (Phi) is 5.95. The number of fused-ring (bicyclic) bond motifs is 1. The summed E-state index contributed by atoms with van der Waals surface area (Å²) in [5.74, 6) is -2.36. The summed E-state index contributed by atoms with van der Waals surface area (Å²) in [6.45, 7) is 1.90. The van der Waals surface area contributed by atoms with E-state index in [1.807, 2.05) is 43.3 Å². The van der Waals surface area contributed by atoms with Crippen LogP contribution in [0.25, 0.3) is 11.6 Å². The third-order valence-electron chi connectivity index (χ3n) is 5.70. The van der Waals surface area contributed by atoms with Gasteiger partial charge in [-0.25, -0.2) is 13.6 Å². The fourth-order valence-electron chi connectivity index (χ4n) is 3.88. The zero-order valence-corrected chi connectivity index (χ0v) is 19.1. The molecule has 0 radical (unpaired) electrons. The van der Waals surface area contributed by atoms with Gasteiger partial charge in [-0.05, 0) is 67.1 Å². The number of H-pyrrole nitrogens is 1. The lowest BCUT2D eigenvalue weighted by atomic mass is 10.1. The van der Waals surface area contributed by atoms with Gasteiger partial charge in [-0.15, -0.1) is 0 Å². The second-order valence-corrected chi connectivity index (χ2v) is 8.23. The van der Waals surface area contributed by atoms with Gasteiger partial charge in [-0.1, -0.05) is 18.2 Å². The Hall–Kier alpha value is -4.92. The Morgan fingerprint density at radius 3 is 2.56 bits per heavy atom. The molecule has 1 aromatic heterocycles. The molecule has 2 heterocycles. The van der Waals surface area contributed by atoms with Crippen LogP contribution in [0, 0.1) is 18.6 Å². The van der Waals surface area contributed by atoms with Gasteiger partial charge in [0.2, 0.25) is 0 Å². The third kappa shape index (κ3) is 4.67. The Labute approximate surface area is 205 Å². The van der Waals surface area contributed by atoms with E-state index in [-0.39, 0.29) is 11.6 Å². The van der Waals surface area contributed by atoms with E-state index in [0.717, 1.165) is 34.3 Å². The summed E-state index contributed by atoms with van der Waals surface area (Å²) < 4.78 is 27.2. The number of amides is 3. The molecule has 1 aliphatic heterocycles. The van der Waals surface area contributed by atoms with E-state index in [1.54, 1.807) is 24.4 Å². The molecule has 0 spiro atoms. The Morgan fingerprint density at radius 2 is 1.75 bits per heavy atom. The normalized spacial score (nSPS) is 13.3. The smallest absolute Gasteiger partial charge is 0.323 e. The summed E-state index contributed by atoms with van der Waals surface area (Å²) in [5.41, 5.74) is 5.44. The third-order valence-corrected chi connectivity index (χ3v) is 5.70. The van der Waals surface area contributed by atoms with E-state index in [9.17, 15) is 18.4 Å². The molecule has 0 aliphatic carbocycles. The lowest BCUT2D eigenvalue weighted by molar-refractivity contribution is -0.110. The Morgan fingerprint density at radius 1 is 0.917 bits per heavy atom. The van der Waals surface area contributed by atoms with Crippen molar-refractivity contribution in [2.24, 2.45) is 0 Å². The van der Waals surface area contributed by atoms with Crippen molar-refractivity contribution in [1.82, 2.24) is 4.98 Å². The van der Waals surface area contributed by atoms with E-state index >= 15 is 0 Å². The molecule has 4 aromatic rings. The molecular formula is C27H21F2N5O2. The predicted molar refractivity (Wildman–Crippen MR) is 137 cm³/mol. The minimum absolute atomic E-state index is 0.181. The Bertz CT molecular complexity index is 1510. The fraction of sp³-hybridized carbons (Fsp3) is 0.0370. The van der Waals surface area contributed by atoms with Gasteiger partial charge >= 0.3 is 6.03 Å². The quantitative estimate of drug-likeness (QED) is 0.209. The number of anilines is 5. The molecule has 5 N–H and O–H groups in total. The van der Waals surface area contributed by atoms with E-state index in [1.165, 1.54) is 12.1 Å². The minimum atomic E-state index is -1.13. The number of rotatable bonds is 5. The second-order valence-electron chi connectivity index (χ2n) is 8.23. The first kappa shape index (κ1) is 22.9. The molecule has 0 bridgehead atoms. The largest absolute Gasteiger partial charge is 0.362 e. The topological polar surface area (TPSA) is 98.0 Å². The second kappa shape index (κ2) is 9.38. The molecule has 5 rings (SSSR count). The molecule has 3 aromatic carbocycles. The zero-order chi connectivity index (χ0) is 25.2. The first-order valence-corrected chi connectivity index (χ1v) is 11.1. The summed E-state index contributed by atoms with van der Waals surface area (Å²) in [4.78, 5) is 27.9. The van der Waals surface area contributed by atoms with Crippen LogP contribution in [0.5, 0.6) is 0 Å². The number of urea groups is 1. The number of carbonyl (C=O) groups excluding carboxylic acids is 2. The van der Waals surface area contributed by atoms with Crippen LogP contribution in [0.2, 0.25) is 0 Å². The number of hydrogen-bond donors (Lipinski definition) is 5. The van der Waals surface area contributed by atoms with Crippen LogP contribution >= 0.6 is 0 Å². The number of benzene rings is 3. The summed E-state index contributed by atoms with van der Waals surface area (Å²) in [6, 6.07) is 17.4. The van der Waals surface area contributed by atoms with Gasteiger partial charge in [-0.3, -0.25) is 4.79 Å². The van der Waals surface area contributed by atoms with Gasteiger partial charge in [0.15, 0.2) is 11.6 Å².